The maximum absolute atomic E-state index is 5.91. The highest BCUT2D eigenvalue weighted by Crippen LogP contribution is 2.22. The summed E-state index contributed by atoms with van der Waals surface area (Å²) in [5.74, 6) is 3.23. The molecule has 164 valence electrons. The highest BCUT2D eigenvalue weighted by Gasteiger charge is 2.12. The number of hydrogen-bond acceptors (Lipinski definition) is 6. The van der Waals surface area contributed by atoms with Crippen LogP contribution in [0.5, 0.6) is 11.5 Å². The molecule has 32 heavy (non-hydrogen) atoms. The van der Waals surface area contributed by atoms with E-state index in [-0.39, 0.29) is 0 Å². The van der Waals surface area contributed by atoms with Gasteiger partial charge in [-0.1, -0.05) is 12.1 Å². The summed E-state index contributed by atoms with van der Waals surface area (Å²) in [6.07, 6.45) is 5.03. The minimum absolute atomic E-state index is 0.651. The second-order valence-electron chi connectivity index (χ2n) is 8.01. The van der Waals surface area contributed by atoms with Crippen LogP contribution in [0.3, 0.4) is 0 Å². The first-order valence-electron chi connectivity index (χ1n) is 11.1. The molecule has 0 atom stereocenters. The first-order valence-corrected chi connectivity index (χ1v) is 11.1. The summed E-state index contributed by atoms with van der Waals surface area (Å²) < 4.78 is 13.0. The van der Waals surface area contributed by atoms with E-state index in [1.807, 2.05) is 42.5 Å². The molecular weight excluding hydrogens is 402 g/mol. The highest BCUT2D eigenvalue weighted by molar-refractivity contribution is 5.59. The SMILES string of the molecule is COc1ccc(-c2nccc3nc(Cc4ccc(OCCN5CCCC5)cc4)nn23)cc1. The van der Waals surface area contributed by atoms with Gasteiger partial charge in [0.2, 0.25) is 0 Å². The first kappa shape index (κ1) is 20.5. The molecule has 2 aromatic heterocycles. The number of likely N-dealkylation sites (tertiary alicyclic amines) is 1. The summed E-state index contributed by atoms with van der Waals surface area (Å²) in [4.78, 5) is 11.7. The Kier molecular flexibility index (Phi) is 5.98. The van der Waals surface area contributed by atoms with E-state index >= 15 is 0 Å². The van der Waals surface area contributed by atoms with Gasteiger partial charge in [-0.2, -0.15) is 4.52 Å². The smallest absolute Gasteiger partial charge is 0.163 e. The number of fused-ring (bicyclic) bond motifs is 1. The molecule has 7 heteroatoms. The van der Waals surface area contributed by atoms with E-state index in [4.69, 9.17) is 19.6 Å². The predicted molar refractivity (Wildman–Crippen MR) is 123 cm³/mol. The molecule has 1 fully saturated rings. The number of nitrogens with zero attached hydrogens (tertiary/aromatic N) is 5. The molecule has 0 spiro atoms. The van der Waals surface area contributed by atoms with Crippen molar-refractivity contribution in [2.45, 2.75) is 19.3 Å². The first-order chi connectivity index (χ1) is 15.8. The molecule has 0 N–H and O–H groups in total. The molecule has 4 aromatic rings. The third-order valence-electron chi connectivity index (χ3n) is 5.81. The molecular formula is C25H27N5O2. The van der Waals surface area contributed by atoms with Crippen LogP contribution in [0.1, 0.15) is 24.2 Å². The van der Waals surface area contributed by atoms with Crippen LogP contribution in [0.25, 0.3) is 17.0 Å². The van der Waals surface area contributed by atoms with Crippen molar-refractivity contribution in [3.05, 3.63) is 72.2 Å². The zero-order valence-corrected chi connectivity index (χ0v) is 18.3. The van der Waals surface area contributed by atoms with Gasteiger partial charge in [-0.3, -0.25) is 4.90 Å². The lowest BCUT2D eigenvalue weighted by Crippen LogP contribution is -2.25. The predicted octanol–water partition coefficient (Wildman–Crippen LogP) is 3.87. The van der Waals surface area contributed by atoms with Crippen molar-refractivity contribution in [3.63, 3.8) is 0 Å². The molecule has 0 amide bonds. The van der Waals surface area contributed by atoms with Crippen molar-refractivity contribution in [2.24, 2.45) is 0 Å². The molecule has 0 radical (unpaired) electrons. The lowest BCUT2D eigenvalue weighted by Gasteiger charge is -2.14. The van der Waals surface area contributed by atoms with E-state index in [2.05, 4.69) is 22.0 Å². The van der Waals surface area contributed by atoms with Crippen molar-refractivity contribution in [1.29, 1.82) is 0 Å². The van der Waals surface area contributed by atoms with Crippen molar-refractivity contribution < 1.29 is 9.47 Å². The zero-order chi connectivity index (χ0) is 21.8. The molecule has 5 rings (SSSR count). The second-order valence-corrected chi connectivity index (χ2v) is 8.01. The number of rotatable bonds is 8. The minimum atomic E-state index is 0.651. The topological polar surface area (TPSA) is 64.8 Å². The van der Waals surface area contributed by atoms with Crippen LogP contribution in [0.4, 0.5) is 0 Å². The van der Waals surface area contributed by atoms with E-state index in [1.54, 1.807) is 17.8 Å². The van der Waals surface area contributed by atoms with Gasteiger partial charge in [0, 0.05) is 30.8 Å². The largest absolute Gasteiger partial charge is 0.497 e. The van der Waals surface area contributed by atoms with Gasteiger partial charge >= 0.3 is 0 Å². The summed E-state index contributed by atoms with van der Waals surface area (Å²) in [5.41, 5.74) is 2.89. The fourth-order valence-electron chi connectivity index (χ4n) is 4.06. The average molecular weight is 430 g/mol. The minimum Gasteiger partial charge on any atom is -0.497 e. The number of methoxy groups -OCH3 is 1. The van der Waals surface area contributed by atoms with E-state index in [9.17, 15) is 0 Å². The normalized spacial score (nSPS) is 14.2. The number of benzene rings is 2. The van der Waals surface area contributed by atoms with Crippen molar-refractivity contribution in [1.82, 2.24) is 24.5 Å². The van der Waals surface area contributed by atoms with Crippen LogP contribution in [0.2, 0.25) is 0 Å². The lowest BCUT2D eigenvalue weighted by molar-refractivity contribution is 0.238. The Morgan fingerprint density at radius 3 is 2.41 bits per heavy atom. The molecule has 0 unspecified atom stereocenters. The maximum Gasteiger partial charge on any atom is 0.163 e. The van der Waals surface area contributed by atoms with Gasteiger partial charge in [0.15, 0.2) is 17.3 Å². The molecule has 3 heterocycles. The van der Waals surface area contributed by atoms with Crippen molar-refractivity contribution >= 4 is 5.65 Å². The molecule has 0 saturated carbocycles. The fraction of sp³-hybridized carbons (Fsp3) is 0.320. The maximum atomic E-state index is 5.91. The number of ether oxygens (including phenoxy) is 2. The van der Waals surface area contributed by atoms with Crippen LogP contribution < -0.4 is 9.47 Å². The van der Waals surface area contributed by atoms with E-state index in [0.29, 0.717) is 6.42 Å². The standard InChI is InChI=1S/C25H27N5O2/c1-31-21-10-6-20(7-11-21)25-26-13-12-24-27-23(28-30(24)25)18-19-4-8-22(9-5-19)32-17-16-29-14-2-3-15-29/h4-13H,2-3,14-18H2,1H3. The van der Waals surface area contributed by atoms with Gasteiger partial charge in [0.25, 0.3) is 0 Å². The van der Waals surface area contributed by atoms with Crippen molar-refractivity contribution in [2.75, 3.05) is 33.4 Å². The Hall–Kier alpha value is -3.45. The number of aromatic nitrogens is 4. The van der Waals surface area contributed by atoms with Gasteiger partial charge in [-0.25, -0.2) is 9.97 Å². The van der Waals surface area contributed by atoms with E-state index < -0.39 is 0 Å². The van der Waals surface area contributed by atoms with Crippen LogP contribution in [-0.4, -0.2) is 57.8 Å². The summed E-state index contributed by atoms with van der Waals surface area (Å²) >= 11 is 0. The molecule has 0 aliphatic carbocycles. The Morgan fingerprint density at radius 2 is 1.66 bits per heavy atom. The molecule has 1 aliphatic rings. The van der Waals surface area contributed by atoms with Crippen LogP contribution >= 0.6 is 0 Å². The highest BCUT2D eigenvalue weighted by atomic mass is 16.5. The van der Waals surface area contributed by atoms with Crippen LogP contribution in [-0.2, 0) is 6.42 Å². The van der Waals surface area contributed by atoms with Crippen LogP contribution in [0, 0.1) is 0 Å². The quantitative estimate of drug-likeness (QED) is 0.424. The molecule has 1 saturated heterocycles. The summed E-state index contributed by atoms with van der Waals surface area (Å²) in [6, 6.07) is 17.9. The second kappa shape index (κ2) is 9.36. The fourth-order valence-corrected chi connectivity index (χ4v) is 4.06. The Morgan fingerprint density at radius 1 is 0.906 bits per heavy atom. The Labute approximate surface area is 187 Å². The Bertz CT molecular complexity index is 1170. The third-order valence-corrected chi connectivity index (χ3v) is 5.81. The van der Waals surface area contributed by atoms with Crippen LogP contribution in [0.15, 0.2) is 60.8 Å². The van der Waals surface area contributed by atoms with Gasteiger partial charge in [-0.15, -0.1) is 5.10 Å². The van der Waals surface area contributed by atoms with E-state index in [1.165, 1.54) is 25.9 Å². The monoisotopic (exact) mass is 429 g/mol. The van der Waals surface area contributed by atoms with Crippen molar-refractivity contribution in [3.8, 4) is 22.9 Å². The third kappa shape index (κ3) is 4.57. The zero-order valence-electron chi connectivity index (χ0n) is 18.3. The Balaban J connectivity index is 1.26. The summed E-state index contributed by atoms with van der Waals surface area (Å²) in [7, 11) is 1.66. The molecule has 1 aliphatic heterocycles. The van der Waals surface area contributed by atoms with Gasteiger partial charge in [-0.05, 0) is 67.9 Å². The summed E-state index contributed by atoms with van der Waals surface area (Å²) in [5, 5.41) is 4.72. The lowest BCUT2D eigenvalue weighted by atomic mass is 10.1. The number of hydrogen-bond donors (Lipinski definition) is 0. The average Bonchev–Trinajstić information content (AvgIpc) is 3.49. The van der Waals surface area contributed by atoms with E-state index in [0.717, 1.165) is 53.1 Å². The molecule has 7 nitrogen and oxygen atoms in total. The summed E-state index contributed by atoms with van der Waals surface area (Å²) in [6.45, 7) is 4.12. The molecule has 0 bridgehead atoms. The molecule has 2 aromatic carbocycles. The van der Waals surface area contributed by atoms with Gasteiger partial charge < -0.3 is 9.47 Å². The van der Waals surface area contributed by atoms with Gasteiger partial charge in [0.05, 0.1) is 7.11 Å². The van der Waals surface area contributed by atoms with Gasteiger partial charge in [0.1, 0.15) is 18.1 Å².